The number of hydrogen-bond donors (Lipinski definition) is 2. The molecule has 1 heterocycles. The van der Waals surface area contributed by atoms with E-state index >= 15 is 0 Å². The standard InChI is InChI=1S/C22H23N3O3S/c1-15(2)13-18(24-22(27)28-17-11-7-4-8-12-17)20(26)25-21-23-19(14-29-21)16-9-5-3-6-10-16/h3-12,14-15,18H,13H2,1-2H3,(H,24,27)(H,23,25,26). The van der Waals surface area contributed by atoms with Crippen LogP contribution in [0.5, 0.6) is 5.75 Å². The molecule has 0 fully saturated rings. The van der Waals surface area contributed by atoms with Crippen molar-refractivity contribution in [2.45, 2.75) is 26.3 Å². The Morgan fingerprint density at radius 1 is 1.03 bits per heavy atom. The van der Waals surface area contributed by atoms with Crippen molar-refractivity contribution in [3.05, 3.63) is 66.0 Å². The van der Waals surface area contributed by atoms with Gasteiger partial charge < -0.3 is 15.4 Å². The number of para-hydroxylation sites is 1. The third-order valence-corrected chi connectivity index (χ3v) is 4.83. The molecule has 0 saturated heterocycles. The molecule has 29 heavy (non-hydrogen) atoms. The predicted octanol–water partition coefficient (Wildman–Crippen LogP) is 4.95. The van der Waals surface area contributed by atoms with Crippen LogP contribution in [0.25, 0.3) is 11.3 Å². The molecule has 0 aliphatic rings. The van der Waals surface area contributed by atoms with Crippen molar-refractivity contribution in [3.8, 4) is 17.0 Å². The van der Waals surface area contributed by atoms with Crippen molar-refractivity contribution in [1.29, 1.82) is 0 Å². The Morgan fingerprint density at radius 2 is 1.69 bits per heavy atom. The normalized spacial score (nSPS) is 11.7. The largest absolute Gasteiger partial charge is 0.413 e. The Balaban J connectivity index is 1.64. The molecule has 3 aromatic rings. The van der Waals surface area contributed by atoms with Crippen LogP contribution >= 0.6 is 11.3 Å². The Bertz CT molecular complexity index is 942. The first kappa shape index (κ1) is 20.5. The summed E-state index contributed by atoms with van der Waals surface area (Å²) in [4.78, 5) is 29.5. The molecule has 150 valence electrons. The molecule has 2 amide bonds. The van der Waals surface area contributed by atoms with Crippen LogP contribution in [0.15, 0.2) is 66.0 Å². The molecule has 0 radical (unpaired) electrons. The first-order valence-corrected chi connectivity index (χ1v) is 10.2. The lowest BCUT2D eigenvalue weighted by atomic mass is 10.0. The molecule has 0 saturated carbocycles. The molecule has 0 aliphatic carbocycles. The van der Waals surface area contributed by atoms with E-state index in [2.05, 4.69) is 15.6 Å². The quantitative estimate of drug-likeness (QED) is 0.578. The molecule has 3 rings (SSSR count). The molecule has 7 heteroatoms. The van der Waals surface area contributed by atoms with Crippen LogP contribution in [0.1, 0.15) is 20.3 Å². The number of benzene rings is 2. The second-order valence-corrected chi connectivity index (χ2v) is 7.78. The van der Waals surface area contributed by atoms with Gasteiger partial charge in [-0.1, -0.05) is 62.4 Å². The van der Waals surface area contributed by atoms with Crippen LogP contribution in [0, 0.1) is 5.92 Å². The van der Waals surface area contributed by atoms with E-state index in [1.54, 1.807) is 24.3 Å². The summed E-state index contributed by atoms with van der Waals surface area (Å²) in [5.74, 6) is 0.303. The van der Waals surface area contributed by atoms with Crippen molar-refractivity contribution in [3.63, 3.8) is 0 Å². The van der Waals surface area contributed by atoms with Crippen molar-refractivity contribution in [2.24, 2.45) is 5.92 Å². The molecular formula is C22H23N3O3S. The maximum atomic E-state index is 12.8. The van der Waals surface area contributed by atoms with Crippen LogP contribution in [0.2, 0.25) is 0 Å². The minimum Gasteiger partial charge on any atom is -0.410 e. The number of nitrogens with zero attached hydrogens (tertiary/aromatic N) is 1. The number of aromatic nitrogens is 1. The van der Waals surface area contributed by atoms with Gasteiger partial charge in [0.1, 0.15) is 11.8 Å². The lowest BCUT2D eigenvalue weighted by molar-refractivity contribution is -0.118. The second kappa shape index (κ2) is 9.84. The average Bonchev–Trinajstić information content (AvgIpc) is 3.17. The molecule has 0 aliphatic heterocycles. The molecule has 1 atom stereocenters. The third-order valence-electron chi connectivity index (χ3n) is 4.07. The monoisotopic (exact) mass is 409 g/mol. The summed E-state index contributed by atoms with van der Waals surface area (Å²) in [5.41, 5.74) is 1.77. The zero-order chi connectivity index (χ0) is 20.6. The summed E-state index contributed by atoms with van der Waals surface area (Å²) in [6, 6.07) is 17.7. The van der Waals surface area contributed by atoms with Gasteiger partial charge in [-0.15, -0.1) is 11.3 Å². The molecular weight excluding hydrogens is 386 g/mol. The third kappa shape index (κ3) is 6.15. The highest BCUT2D eigenvalue weighted by Gasteiger charge is 2.24. The number of nitrogens with one attached hydrogen (secondary N) is 2. The van der Waals surface area contributed by atoms with Gasteiger partial charge in [-0.2, -0.15) is 0 Å². The Morgan fingerprint density at radius 3 is 2.34 bits per heavy atom. The minimum absolute atomic E-state index is 0.207. The fraction of sp³-hybridized carbons (Fsp3) is 0.227. The Kier molecular flexibility index (Phi) is 6.97. The number of anilines is 1. The van der Waals surface area contributed by atoms with Crippen molar-refractivity contribution >= 4 is 28.5 Å². The average molecular weight is 410 g/mol. The van der Waals surface area contributed by atoms with E-state index in [0.717, 1.165) is 11.3 Å². The molecule has 6 nitrogen and oxygen atoms in total. The van der Waals surface area contributed by atoms with Gasteiger partial charge in [0.05, 0.1) is 5.69 Å². The van der Waals surface area contributed by atoms with E-state index in [1.165, 1.54) is 11.3 Å². The number of rotatable bonds is 7. The highest BCUT2D eigenvalue weighted by molar-refractivity contribution is 7.14. The zero-order valence-electron chi connectivity index (χ0n) is 16.3. The number of hydrogen-bond acceptors (Lipinski definition) is 5. The van der Waals surface area contributed by atoms with E-state index < -0.39 is 12.1 Å². The number of carbonyl (C=O) groups excluding carboxylic acids is 2. The summed E-state index contributed by atoms with van der Waals surface area (Å²) >= 11 is 1.34. The summed E-state index contributed by atoms with van der Waals surface area (Å²) in [5, 5.41) is 7.84. The van der Waals surface area contributed by atoms with Crippen LogP contribution in [-0.4, -0.2) is 23.0 Å². The van der Waals surface area contributed by atoms with Gasteiger partial charge in [-0.05, 0) is 24.5 Å². The van der Waals surface area contributed by atoms with Crippen molar-refractivity contribution < 1.29 is 14.3 Å². The molecule has 1 unspecified atom stereocenters. The topological polar surface area (TPSA) is 80.3 Å². The molecule has 2 aromatic carbocycles. The summed E-state index contributed by atoms with van der Waals surface area (Å²) < 4.78 is 5.25. The van der Waals surface area contributed by atoms with Crippen LogP contribution < -0.4 is 15.4 Å². The number of ether oxygens (including phenoxy) is 1. The SMILES string of the molecule is CC(C)CC(NC(=O)Oc1ccccc1)C(=O)Nc1nc(-c2ccccc2)cs1. The van der Waals surface area contributed by atoms with Crippen LogP contribution in [0.4, 0.5) is 9.93 Å². The van der Waals surface area contributed by atoms with E-state index in [9.17, 15) is 9.59 Å². The highest BCUT2D eigenvalue weighted by atomic mass is 32.1. The number of thiazole rings is 1. The molecule has 2 N–H and O–H groups in total. The van der Waals surface area contributed by atoms with Gasteiger partial charge in [0, 0.05) is 10.9 Å². The lowest BCUT2D eigenvalue weighted by Gasteiger charge is -2.19. The van der Waals surface area contributed by atoms with Gasteiger partial charge in [0.25, 0.3) is 0 Å². The van der Waals surface area contributed by atoms with E-state index in [-0.39, 0.29) is 11.8 Å². The Labute approximate surface area is 173 Å². The van der Waals surface area contributed by atoms with Gasteiger partial charge in [0.2, 0.25) is 5.91 Å². The second-order valence-electron chi connectivity index (χ2n) is 6.92. The number of amides is 2. The van der Waals surface area contributed by atoms with Gasteiger partial charge in [-0.25, -0.2) is 9.78 Å². The predicted molar refractivity (Wildman–Crippen MR) is 115 cm³/mol. The zero-order valence-corrected chi connectivity index (χ0v) is 17.1. The van der Waals surface area contributed by atoms with Crippen molar-refractivity contribution in [2.75, 3.05) is 5.32 Å². The Hall–Kier alpha value is -3.19. The highest BCUT2D eigenvalue weighted by Crippen LogP contribution is 2.25. The van der Waals surface area contributed by atoms with E-state index in [4.69, 9.17) is 4.74 Å². The summed E-state index contributed by atoms with van der Waals surface area (Å²) in [6.45, 7) is 3.97. The van der Waals surface area contributed by atoms with Crippen LogP contribution in [0.3, 0.4) is 0 Å². The van der Waals surface area contributed by atoms with E-state index in [1.807, 2.05) is 55.6 Å². The maximum Gasteiger partial charge on any atom is 0.413 e. The lowest BCUT2D eigenvalue weighted by Crippen LogP contribution is -2.45. The minimum atomic E-state index is -0.727. The van der Waals surface area contributed by atoms with Gasteiger partial charge >= 0.3 is 6.09 Å². The fourth-order valence-corrected chi connectivity index (χ4v) is 3.46. The first-order chi connectivity index (χ1) is 14.0. The van der Waals surface area contributed by atoms with Gasteiger partial charge in [-0.3, -0.25) is 4.79 Å². The fourth-order valence-electron chi connectivity index (χ4n) is 2.74. The summed E-state index contributed by atoms with van der Waals surface area (Å²) in [6.07, 6.45) is -0.187. The number of carbonyl (C=O) groups is 2. The first-order valence-electron chi connectivity index (χ1n) is 9.36. The molecule has 1 aromatic heterocycles. The molecule has 0 spiro atoms. The molecule has 0 bridgehead atoms. The van der Waals surface area contributed by atoms with Crippen molar-refractivity contribution in [1.82, 2.24) is 10.3 Å². The van der Waals surface area contributed by atoms with E-state index in [0.29, 0.717) is 17.3 Å². The van der Waals surface area contributed by atoms with Crippen LogP contribution in [-0.2, 0) is 4.79 Å². The smallest absolute Gasteiger partial charge is 0.410 e. The van der Waals surface area contributed by atoms with Gasteiger partial charge in [0.15, 0.2) is 5.13 Å². The summed E-state index contributed by atoms with van der Waals surface area (Å²) in [7, 11) is 0. The maximum absolute atomic E-state index is 12.8.